The number of unbranched alkanes of at least 4 members (excludes halogenated alkanes) is 1. The Morgan fingerprint density at radius 2 is 2.21 bits per heavy atom. The summed E-state index contributed by atoms with van der Waals surface area (Å²) >= 11 is 0. The lowest BCUT2D eigenvalue weighted by atomic mass is 10.1. The smallest absolute Gasteiger partial charge is 0.0201 e. The van der Waals surface area contributed by atoms with Crippen molar-refractivity contribution in [3.8, 4) is 0 Å². The molecule has 1 rings (SSSR count). The van der Waals surface area contributed by atoms with E-state index in [0.717, 1.165) is 5.92 Å². The van der Waals surface area contributed by atoms with Gasteiger partial charge in [0, 0.05) is 18.8 Å². The molecule has 0 amide bonds. The lowest BCUT2D eigenvalue weighted by molar-refractivity contribution is 0.389. The number of allylic oxidation sites excluding steroid dienone is 2. The third-order valence-corrected chi connectivity index (χ3v) is 3.06. The van der Waals surface area contributed by atoms with E-state index in [1.807, 2.05) is 0 Å². The minimum absolute atomic E-state index is 0.900. The number of hydrogen-bond donors (Lipinski definition) is 0. The van der Waals surface area contributed by atoms with Gasteiger partial charge in [0.2, 0.25) is 0 Å². The standard InChI is InChI=1S/C13H25N/c1-4-6-8-13(7-5-2)14-10-9-12(3)11-14/h7,12H,4-6,8-11H2,1-3H3/b13-7-. The van der Waals surface area contributed by atoms with Crippen molar-refractivity contribution in [3.05, 3.63) is 11.8 Å². The predicted octanol–water partition coefficient (Wildman–Crippen LogP) is 3.81. The van der Waals surface area contributed by atoms with Crippen LogP contribution in [0.2, 0.25) is 0 Å². The molecule has 1 aliphatic heterocycles. The first-order valence-corrected chi connectivity index (χ1v) is 6.21. The summed E-state index contributed by atoms with van der Waals surface area (Å²) in [5, 5.41) is 0. The molecule has 1 saturated heterocycles. The van der Waals surface area contributed by atoms with Crippen LogP contribution in [0.1, 0.15) is 52.9 Å². The van der Waals surface area contributed by atoms with Gasteiger partial charge in [0.1, 0.15) is 0 Å². The molecule has 0 saturated carbocycles. The van der Waals surface area contributed by atoms with Gasteiger partial charge in [-0.3, -0.25) is 0 Å². The van der Waals surface area contributed by atoms with Gasteiger partial charge in [-0.15, -0.1) is 0 Å². The van der Waals surface area contributed by atoms with Crippen molar-refractivity contribution in [2.24, 2.45) is 5.92 Å². The molecule has 0 aromatic heterocycles. The maximum atomic E-state index is 2.60. The highest BCUT2D eigenvalue weighted by Crippen LogP contribution is 2.23. The van der Waals surface area contributed by atoms with E-state index < -0.39 is 0 Å². The molecule has 0 radical (unpaired) electrons. The van der Waals surface area contributed by atoms with Gasteiger partial charge >= 0.3 is 0 Å². The van der Waals surface area contributed by atoms with E-state index >= 15 is 0 Å². The zero-order valence-corrected chi connectivity index (χ0v) is 10.1. The lowest BCUT2D eigenvalue weighted by Crippen LogP contribution is -2.19. The second-order valence-electron chi connectivity index (χ2n) is 4.55. The first-order chi connectivity index (χ1) is 6.77. The molecule has 0 aromatic rings. The van der Waals surface area contributed by atoms with E-state index in [1.165, 1.54) is 45.2 Å². The SMILES string of the molecule is CC/C=C(/CCCC)N1CCC(C)C1. The van der Waals surface area contributed by atoms with Crippen LogP contribution < -0.4 is 0 Å². The lowest BCUT2D eigenvalue weighted by Gasteiger charge is -2.22. The Hall–Kier alpha value is -0.460. The molecule has 1 fully saturated rings. The summed E-state index contributed by atoms with van der Waals surface area (Å²) in [6.07, 6.45) is 8.93. The zero-order valence-electron chi connectivity index (χ0n) is 10.1. The number of likely N-dealkylation sites (tertiary alicyclic amines) is 1. The van der Waals surface area contributed by atoms with Crippen LogP contribution >= 0.6 is 0 Å². The van der Waals surface area contributed by atoms with Crippen LogP contribution in [0.5, 0.6) is 0 Å². The molecule has 14 heavy (non-hydrogen) atoms. The molecular formula is C13H25N. The average Bonchev–Trinajstić information content (AvgIpc) is 2.59. The molecule has 0 spiro atoms. The summed E-state index contributed by atoms with van der Waals surface area (Å²) in [5.74, 6) is 0.900. The fourth-order valence-corrected chi connectivity index (χ4v) is 2.18. The van der Waals surface area contributed by atoms with Crippen molar-refractivity contribution in [3.63, 3.8) is 0 Å². The Balaban J connectivity index is 2.46. The van der Waals surface area contributed by atoms with Gasteiger partial charge in [-0.1, -0.05) is 33.3 Å². The van der Waals surface area contributed by atoms with Gasteiger partial charge in [0.05, 0.1) is 0 Å². The van der Waals surface area contributed by atoms with Gasteiger partial charge in [-0.2, -0.15) is 0 Å². The van der Waals surface area contributed by atoms with Gasteiger partial charge in [0.15, 0.2) is 0 Å². The molecule has 0 bridgehead atoms. The number of hydrogen-bond acceptors (Lipinski definition) is 1. The largest absolute Gasteiger partial charge is 0.375 e. The first-order valence-electron chi connectivity index (χ1n) is 6.21. The molecule has 1 unspecified atom stereocenters. The van der Waals surface area contributed by atoms with Crippen molar-refractivity contribution >= 4 is 0 Å². The van der Waals surface area contributed by atoms with Gasteiger partial charge in [-0.05, 0) is 31.6 Å². The quantitative estimate of drug-likeness (QED) is 0.644. The van der Waals surface area contributed by atoms with Crippen LogP contribution in [0, 0.1) is 5.92 Å². The third-order valence-electron chi connectivity index (χ3n) is 3.06. The molecular weight excluding hydrogens is 170 g/mol. The van der Waals surface area contributed by atoms with Crippen molar-refractivity contribution in [2.45, 2.75) is 52.9 Å². The van der Waals surface area contributed by atoms with Gasteiger partial charge < -0.3 is 4.90 Å². The van der Waals surface area contributed by atoms with Crippen LogP contribution in [-0.2, 0) is 0 Å². The molecule has 1 atom stereocenters. The van der Waals surface area contributed by atoms with Gasteiger partial charge in [0.25, 0.3) is 0 Å². The fraction of sp³-hybridized carbons (Fsp3) is 0.846. The summed E-state index contributed by atoms with van der Waals surface area (Å²) in [6.45, 7) is 9.46. The summed E-state index contributed by atoms with van der Waals surface area (Å²) in [5.41, 5.74) is 1.61. The van der Waals surface area contributed by atoms with Gasteiger partial charge in [-0.25, -0.2) is 0 Å². The molecule has 0 N–H and O–H groups in total. The highest BCUT2D eigenvalue weighted by Gasteiger charge is 2.19. The fourth-order valence-electron chi connectivity index (χ4n) is 2.18. The molecule has 1 heteroatoms. The Morgan fingerprint density at radius 1 is 1.43 bits per heavy atom. The van der Waals surface area contributed by atoms with E-state index in [1.54, 1.807) is 5.70 Å². The van der Waals surface area contributed by atoms with E-state index in [2.05, 4.69) is 31.7 Å². The van der Waals surface area contributed by atoms with Crippen LogP contribution in [0.15, 0.2) is 11.8 Å². The van der Waals surface area contributed by atoms with Crippen LogP contribution in [0.25, 0.3) is 0 Å². The van der Waals surface area contributed by atoms with Crippen LogP contribution in [0.4, 0.5) is 0 Å². The monoisotopic (exact) mass is 195 g/mol. The highest BCUT2D eigenvalue weighted by molar-refractivity contribution is 5.03. The van der Waals surface area contributed by atoms with E-state index in [-0.39, 0.29) is 0 Å². The minimum Gasteiger partial charge on any atom is -0.375 e. The Bertz CT molecular complexity index is 184. The maximum absolute atomic E-state index is 2.60. The van der Waals surface area contributed by atoms with Crippen molar-refractivity contribution in [2.75, 3.05) is 13.1 Å². The van der Waals surface area contributed by atoms with E-state index in [0.29, 0.717) is 0 Å². The summed E-state index contributed by atoms with van der Waals surface area (Å²) < 4.78 is 0. The molecule has 82 valence electrons. The Kier molecular flexibility index (Phi) is 5.06. The first kappa shape index (κ1) is 11.6. The zero-order chi connectivity index (χ0) is 10.4. The predicted molar refractivity (Wildman–Crippen MR) is 63.3 cm³/mol. The van der Waals surface area contributed by atoms with Crippen molar-refractivity contribution < 1.29 is 0 Å². The second kappa shape index (κ2) is 6.10. The van der Waals surface area contributed by atoms with Crippen LogP contribution in [0.3, 0.4) is 0 Å². The Labute approximate surface area is 89.2 Å². The topological polar surface area (TPSA) is 3.24 Å². The molecule has 0 aromatic carbocycles. The number of rotatable bonds is 5. The average molecular weight is 195 g/mol. The highest BCUT2D eigenvalue weighted by atomic mass is 15.2. The second-order valence-corrected chi connectivity index (χ2v) is 4.55. The summed E-state index contributed by atoms with van der Waals surface area (Å²) in [6, 6.07) is 0. The molecule has 1 aliphatic rings. The Morgan fingerprint density at radius 3 is 2.71 bits per heavy atom. The minimum atomic E-state index is 0.900. The molecule has 0 aliphatic carbocycles. The van der Waals surface area contributed by atoms with Crippen molar-refractivity contribution in [1.29, 1.82) is 0 Å². The number of nitrogens with zero attached hydrogens (tertiary/aromatic N) is 1. The molecule has 1 heterocycles. The van der Waals surface area contributed by atoms with Crippen LogP contribution in [-0.4, -0.2) is 18.0 Å². The van der Waals surface area contributed by atoms with E-state index in [9.17, 15) is 0 Å². The summed E-state index contributed by atoms with van der Waals surface area (Å²) in [4.78, 5) is 2.60. The van der Waals surface area contributed by atoms with Crippen molar-refractivity contribution in [1.82, 2.24) is 4.90 Å². The normalized spacial score (nSPS) is 23.2. The molecule has 1 nitrogen and oxygen atoms in total. The maximum Gasteiger partial charge on any atom is 0.0201 e. The van der Waals surface area contributed by atoms with E-state index in [4.69, 9.17) is 0 Å². The summed E-state index contributed by atoms with van der Waals surface area (Å²) in [7, 11) is 0. The third kappa shape index (κ3) is 3.36.